The minimum Gasteiger partial charge on any atom is -0.350 e. The Bertz CT molecular complexity index is 1130. The third-order valence-electron chi connectivity index (χ3n) is 4.91. The minimum atomic E-state index is -0.392. The Balaban J connectivity index is 1.83. The Morgan fingerprint density at radius 1 is 0.793 bits per heavy atom. The summed E-state index contributed by atoms with van der Waals surface area (Å²) >= 11 is 5.97. The molecular formula is C24H19ClN2O2. The number of carbonyl (C=O) groups excluding carboxylic acids is 2. The van der Waals surface area contributed by atoms with E-state index in [9.17, 15) is 9.59 Å². The SMILES string of the molecule is Cc1ccc(C2=C(Nc3ccccc3C)C(=O)N(c3ccc(Cl)cc3)C2=O)cc1. The maximum absolute atomic E-state index is 13.3. The monoisotopic (exact) mass is 402 g/mol. The van der Waals surface area contributed by atoms with Gasteiger partial charge in [-0.05, 0) is 55.3 Å². The standard InChI is InChI=1S/C24H19ClN2O2/c1-15-7-9-17(10-8-15)21-22(26-20-6-4-3-5-16(20)2)24(29)27(23(21)28)19-13-11-18(25)12-14-19/h3-14,26H,1-2H3. The first-order valence-corrected chi connectivity index (χ1v) is 9.62. The van der Waals surface area contributed by atoms with Crippen LogP contribution in [0.2, 0.25) is 5.02 Å². The van der Waals surface area contributed by atoms with Gasteiger partial charge in [-0.15, -0.1) is 0 Å². The van der Waals surface area contributed by atoms with Crippen molar-refractivity contribution in [2.75, 3.05) is 10.2 Å². The molecule has 1 N–H and O–H groups in total. The summed E-state index contributed by atoms with van der Waals surface area (Å²) in [6.07, 6.45) is 0. The van der Waals surface area contributed by atoms with Crippen LogP contribution in [0.5, 0.6) is 0 Å². The van der Waals surface area contributed by atoms with Gasteiger partial charge >= 0.3 is 0 Å². The van der Waals surface area contributed by atoms with Crippen molar-refractivity contribution in [2.24, 2.45) is 0 Å². The average Bonchev–Trinajstić information content (AvgIpc) is 2.95. The zero-order valence-corrected chi connectivity index (χ0v) is 16.8. The molecule has 0 fully saturated rings. The Hall–Kier alpha value is -3.37. The van der Waals surface area contributed by atoms with E-state index in [2.05, 4.69) is 5.32 Å². The second kappa shape index (κ2) is 7.57. The van der Waals surface area contributed by atoms with E-state index >= 15 is 0 Å². The lowest BCUT2D eigenvalue weighted by Crippen LogP contribution is -2.32. The Labute approximate surface area is 174 Å². The number of hydrogen-bond donors (Lipinski definition) is 1. The molecule has 4 nitrogen and oxygen atoms in total. The van der Waals surface area contributed by atoms with E-state index < -0.39 is 5.91 Å². The highest BCUT2D eigenvalue weighted by atomic mass is 35.5. The minimum absolute atomic E-state index is 0.267. The number of amides is 2. The molecule has 5 heteroatoms. The number of nitrogens with one attached hydrogen (secondary N) is 1. The summed E-state index contributed by atoms with van der Waals surface area (Å²) in [7, 11) is 0. The second-order valence-corrected chi connectivity index (χ2v) is 7.41. The first-order valence-electron chi connectivity index (χ1n) is 9.24. The molecule has 1 aliphatic heterocycles. The van der Waals surface area contributed by atoms with Crippen LogP contribution in [0, 0.1) is 13.8 Å². The number of aryl methyl sites for hydroxylation is 2. The van der Waals surface area contributed by atoms with Crippen LogP contribution in [0.3, 0.4) is 0 Å². The van der Waals surface area contributed by atoms with E-state index in [0.717, 1.165) is 16.8 Å². The van der Waals surface area contributed by atoms with Gasteiger partial charge in [-0.1, -0.05) is 59.6 Å². The normalized spacial score (nSPS) is 14.0. The maximum Gasteiger partial charge on any atom is 0.282 e. The van der Waals surface area contributed by atoms with Crippen LogP contribution in [-0.2, 0) is 9.59 Å². The summed E-state index contributed by atoms with van der Waals surface area (Å²) in [4.78, 5) is 27.9. The molecule has 0 aromatic heterocycles. The van der Waals surface area contributed by atoms with Gasteiger partial charge in [0, 0.05) is 10.7 Å². The summed E-state index contributed by atoms with van der Waals surface area (Å²) in [5, 5.41) is 3.74. The number of carbonyl (C=O) groups is 2. The molecule has 0 radical (unpaired) electrons. The van der Waals surface area contributed by atoms with Gasteiger partial charge in [0.2, 0.25) is 0 Å². The number of halogens is 1. The van der Waals surface area contributed by atoms with Crippen LogP contribution >= 0.6 is 11.6 Å². The first-order chi connectivity index (χ1) is 14.0. The molecule has 3 aromatic carbocycles. The van der Waals surface area contributed by atoms with Gasteiger partial charge in [0.15, 0.2) is 0 Å². The van der Waals surface area contributed by atoms with E-state index in [4.69, 9.17) is 11.6 Å². The molecule has 0 bridgehead atoms. The number of benzene rings is 3. The van der Waals surface area contributed by atoms with E-state index in [1.807, 2.05) is 62.4 Å². The fourth-order valence-corrected chi connectivity index (χ4v) is 3.43. The molecule has 29 heavy (non-hydrogen) atoms. The van der Waals surface area contributed by atoms with Gasteiger partial charge in [0.05, 0.1) is 11.3 Å². The molecule has 144 valence electrons. The Morgan fingerprint density at radius 2 is 1.45 bits per heavy atom. The van der Waals surface area contributed by atoms with Crippen molar-refractivity contribution in [2.45, 2.75) is 13.8 Å². The zero-order chi connectivity index (χ0) is 20.5. The lowest BCUT2D eigenvalue weighted by atomic mass is 10.0. The van der Waals surface area contributed by atoms with Crippen molar-refractivity contribution in [1.82, 2.24) is 0 Å². The lowest BCUT2D eigenvalue weighted by molar-refractivity contribution is -0.120. The van der Waals surface area contributed by atoms with Crippen molar-refractivity contribution in [3.8, 4) is 0 Å². The van der Waals surface area contributed by atoms with E-state index in [-0.39, 0.29) is 11.6 Å². The highest BCUT2D eigenvalue weighted by Gasteiger charge is 2.40. The Kier molecular flexibility index (Phi) is 4.95. The molecule has 0 unspecified atom stereocenters. The Morgan fingerprint density at radius 3 is 2.10 bits per heavy atom. The molecule has 2 amide bonds. The fraction of sp³-hybridized carbons (Fsp3) is 0.0833. The second-order valence-electron chi connectivity index (χ2n) is 6.98. The van der Waals surface area contributed by atoms with Crippen LogP contribution in [0.4, 0.5) is 11.4 Å². The van der Waals surface area contributed by atoms with E-state index in [1.165, 1.54) is 4.90 Å². The molecule has 1 aliphatic rings. The van der Waals surface area contributed by atoms with Crippen molar-refractivity contribution in [3.05, 3.63) is 100 Å². The summed E-state index contributed by atoms with van der Waals surface area (Å²) in [6.45, 7) is 3.93. The largest absolute Gasteiger partial charge is 0.350 e. The number of rotatable bonds is 4. The molecule has 4 rings (SSSR count). The van der Waals surface area contributed by atoms with Crippen molar-refractivity contribution in [3.63, 3.8) is 0 Å². The third kappa shape index (κ3) is 3.55. The number of para-hydroxylation sites is 1. The third-order valence-corrected chi connectivity index (χ3v) is 5.17. The van der Waals surface area contributed by atoms with Gasteiger partial charge in [-0.25, -0.2) is 4.90 Å². The quantitative estimate of drug-likeness (QED) is 0.598. The lowest BCUT2D eigenvalue weighted by Gasteiger charge is -2.15. The molecule has 0 atom stereocenters. The molecule has 1 heterocycles. The van der Waals surface area contributed by atoms with Crippen LogP contribution in [0.15, 0.2) is 78.5 Å². The predicted molar refractivity (Wildman–Crippen MR) is 117 cm³/mol. The van der Waals surface area contributed by atoms with Gasteiger partial charge in [-0.2, -0.15) is 0 Å². The molecule has 0 saturated carbocycles. The van der Waals surface area contributed by atoms with Gasteiger partial charge in [-0.3, -0.25) is 9.59 Å². The number of imide groups is 1. The molecule has 0 spiro atoms. The molecular weight excluding hydrogens is 384 g/mol. The average molecular weight is 403 g/mol. The summed E-state index contributed by atoms with van der Waals surface area (Å²) in [5.74, 6) is -0.756. The molecule has 0 aliphatic carbocycles. The smallest absolute Gasteiger partial charge is 0.282 e. The van der Waals surface area contributed by atoms with Gasteiger partial charge < -0.3 is 5.32 Å². The van der Waals surface area contributed by atoms with E-state index in [1.54, 1.807) is 24.3 Å². The van der Waals surface area contributed by atoms with Crippen LogP contribution in [0.25, 0.3) is 5.57 Å². The van der Waals surface area contributed by atoms with Crippen molar-refractivity contribution in [1.29, 1.82) is 0 Å². The highest BCUT2D eigenvalue weighted by Crippen LogP contribution is 2.34. The number of anilines is 2. The number of nitrogens with zero attached hydrogens (tertiary/aromatic N) is 1. The highest BCUT2D eigenvalue weighted by molar-refractivity contribution is 6.46. The molecule has 3 aromatic rings. The zero-order valence-electron chi connectivity index (χ0n) is 16.1. The summed E-state index contributed by atoms with van der Waals surface area (Å²) in [6, 6.07) is 21.9. The van der Waals surface area contributed by atoms with Crippen LogP contribution in [0.1, 0.15) is 16.7 Å². The molecule has 0 saturated heterocycles. The first kappa shape index (κ1) is 19.0. The summed E-state index contributed by atoms with van der Waals surface area (Å²) < 4.78 is 0. The van der Waals surface area contributed by atoms with Crippen molar-refractivity contribution < 1.29 is 9.59 Å². The van der Waals surface area contributed by atoms with Gasteiger partial charge in [0.1, 0.15) is 5.70 Å². The number of hydrogen-bond acceptors (Lipinski definition) is 3. The van der Waals surface area contributed by atoms with E-state index in [0.29, 0.717) is 21.8 Å². The fourth-order valence-electron chi connectivity index (χ4n) is 3.31. The van der Waals surface area contributed by atoms with Crippen LogP contribution in [-0.4, -0.2) is 11.8 Å². The summed E-state index contributed by atoms with van der Waals surface area (Å²) in [5.41, 5.74) is 4.64. The predicted octanol–water partition coefficient (Wildman–Crippen LogP) is 5.35. The van der Waals surface area contributed by atoms with Gasteiger partial charge in [0.25, 0.3) is 11.8 Å². The van der Waals surface area contributed by atoms with Crippen molar-refractivity contribution >= 4 is 40.4 Å². The van der Waals surface area contributed by atoms with Crippen LogP contribution < -0.4 is 10.2 Å². The topological polar surface area (TPSA) is 49.4 Å². The maximum atomic E-state index is 13.3.